The fourth-order valence-electron chi connectivity index (χ4n) is 2.14. The lowest BCUT2D eigenvalue weighted by Gasteiger charge is -2.13. The van der Waals surface area contributed by atoms with Gasteiger partial charge in [0, 0.05) is 18.9 Å². The number of hydrogen-bond acceptors (Lipinski definition) is 4. The molecule has 19 heavy (non-hydrogen) atoms. The number of hydrogen-bond donors (Lipinski definition) is 1. The highest BCUT2D eigenvalue weighted by Crippen LogP contribution is 2.27. The molecule has 104 valence electrons. The minimum atomic E-state index is -3.58. The molecule has 0 saturated carbocycles. The summed E-state index contributed by atoms with van der Waals surface area (Å²) in [5.74, 6) is 0.702. The normalized spacial score (nSPS) is 15.7. The first-order chi connectivity index (χ1) is 8.88. The van der Waals surface area contributed by atoms with Gasteiger partial charge >= 0.3 is 0 Å². The van der Waals surface area contributed by atoms with Crippen LogP contribution in [0.3, 0.4) is 0 Å². The average Bonchev–Trinajstić information content (AvgIpc) is 2.73. The van der Waals surface area contributed by atoms with Crippen molar-refractivity contribution in [2.45, 2.75) is 37.6 Å². The quantitative estimate of drug-likeness (QED) is 0.883. The highest BCUT2D eigenvalue weighted by atomic mass is 32.2. The van der Waals surface area contributed by atoms with E-state index in [1.165, 1.54) is 13.0 Å². The summed E-state index contributed by atoms with van der Waals surface area (Å²) in [6, 6.07) is 4.41. The van der Waals surface area contributed by atoms with E-state index in [1.807, 2.05) is 0 Å². The monoisotopic (exact) mass is 283 g/mol. The Labute approximate surface area is 113 Å². The molecule has 0 bridgehead atoms. The first kappa shape index (κ1) is 14.0. The van der Waals surface area contributed by atoms with Crippen molar-refractivity contribution in [3.05, 3.63) is 23.8 Å². The summed E-state index contributed by atoms with van der Waals surface area (Å²) in [4.78, 5) is 11.2. The molecule has 1 N–H and O–H groups in total. The van der Waals surface area contributed by atoms with Crippen molar-refractivity contribution in [2.24, 2.45) is 0 Å². The lowest BCUT2D eigenvalue weighted by molar-refractivity contribution is -0.117. The van der Waals surface area contributed by atoms with E-state index < -0.39 is 16.1 Å². The highest BCUT2D eigenvalue weighted by Gasteiger charge is 2.21. The highest BCUT2D eigenvalue weighted by molar-refractivity contribution is 7.89. The van der Waals surface area contributed by atoms with Crippen LogP contribution >= 0.6 is 0 Å². The van der Waals surface area contributed by atoms with Gasteiger partial charge in [0.2, 0.25) is 10.0 Å². The molecule has 1 heterocycles. The first-order valence-electron chi connectivity index (χ1n) is 6.16. The molecule has 1 aromatic rings. The second kappa shape index (κ2) is 5.30. The van der Waals surface area contributed by atoms with Crippen LogP contribution in [0, 0.1) is 0 Å². The van der Waals surface area contributed by atoms with Crippen LogP contribution in [-0.4, -0.2) is 26.8 Å². The number of ether oxygens (including phenoxy) is 1. The van der Waals surface area contributed by atoms with E-state index >= 15 is 0 Å². The Balaban J connectivity index is 2.18. The third kappa shape index (κ3) is 3.33. The Bertz CT molecular complexity index is 595. The molecule has 0 unspecified atom stereocenters. The molecule has 0 spiro atoms. The van der Waals surface area contributed by atoms with Gasteiger partial charge in [-0.2, -0.15) is 0 Å². The summed E-state index contributed by atoms with van der Waals surface area (Å²) in [6.45, 7) is 3.71. The third-order valence-electron chi connectivity index (χ3n) is 2.92. The standard InChI is InChI=1S/C13H17NO4S/c1-9(7-10(2)15)14-19(16,17)12-3-4-13-11(8-12)5-6-18-13/h3-4,8-9,14H,5-7H2,1-2H3/t9-/m1/s1. The summed E-state index contributed by atoms with van der Waals surface area (Å²) in [6.07, 6.45) is 0.912. The summed E-state index contributed by atoms with van der Waals surface area (Å²) in [5.41, 5.74) is 0.905. The lowest BCUT2D eigenvalue weighted by Crippen LogP contribution is -2.33. The zero-order valence-electron chi connectivity index (χ0n) is 11.0. The van der Waals surface area contributed by atoms with Crippen molar-refractivity contribution in [3.63, 3.8) is 0 Å². The molecule has 1 aliphatic rings. The number of sulfonamides is 1. The maximum Gasteiger partial charge on any atom is 0.240 e. The van der Waals surface area contributed by atoms with Crippen molar-refractivity contribution < 1.29 is 17.9 Å². The van der Waals surface area contributed by atoms with E-state index in [1.54, 1.807) is 19.1 Å². The van der Waals surface area contributed by atoms with Gasteiger partial charge in [-0.25, -0.2) is 13.1 Å². The van der Waals surface area contributed by atoms with Gasteiger partial charge in [-0.05, 0) is 37.6 Å². The molecule has 1 aromatic carbocycles. The second-order valence-electron chi connectivity index (χ2n) is 4.80. The van der Waals surface area contributed by atoms with Crippen LogP contribution < -0.4 is 9.46 Å². The van der Waals surface area contributed by atoms with Gasteiger partial charge in [-0.15, -0.1) is 0 Å². The molecule has 0 amide bonds. The third-order valence-corrected chi connectivity index (χ3v) is 4.51. The lowest BCUT2D eigenvalue weighted by atomic mass is 10.2. The smallest absolute Gasteiger partial charge is 0.240 e. The summed E-state index contributed by atoms with van der Waals surface area (Å²) in [5, 5.41) is 0. The summed E-state index contributed by atoms with van der Waals surface area (Å²) < 4.78 is 32.2. The van der Waals surface area contributed by atoms with E-state index in [4.69, 9.17) is 4.74 Å². The van der Waals surface area contributed by atoms with E-state index in [2.05, 4.69) is 4.72 Å². The fraction of sp³-hybridized carbons (Fsp3) is 0.462. The van der Waals surface area contributed by atoms with Gasteiger partial charge < -0.3 is 4.74 Å². The molecular formula is C13H17NO4S. The molecule has 0 aromatic heterocycles. The second-order valence-corrected chi connectivity index (χ2v) is 6.51. The van der Waals surface area contributed by atoms with Crippen molar-refractivity contribution in [1.29, 1.82) is 0 Å². The van der Waals surface area contributed by atoms with E-state index in [9.17, 15) is 13.2 Å². The number of carbonyl (C=O) groups excluding carboxylic acids is 1. The SMILES string of the molecule is CC(=O)C[C@@H](C)NS(=O)(=O)c1ccc2c(c1)CCO2. The van der Waals surface area contributed by atoms with Crippen LogP contribution in [-0.2, 0) is 21.2 Å². The van der Waals surface area contributed by atoms with Crippen LogP contribution in [0.25, 0.3) is 0 Å². The molecule has 1 atom stereocenters. The Morgan fingerprint density at radius 3 is 2.89 bits per heavy atom. The molecule has 0 aliphatic carbocycles. The largest absolute Gasteiger partial charge is 0.493 e. The Hall–Kier alpha value is -1.40. The maximum absolute atomic E-state index is 12.2. The Morgan fingerprint density at radius 1 is 1.47 bits per heavy atom. The molecule has 5 nitrogen and oxygen atoms in total. The Kier molecular flexibility index (Phi) is 3.91. The van der Waals surface area contributed by atoms with Crippen LogP contribution in [0.15, 0.2) is 23.1 Å². The van der Waals surface area contributed by atoms with Gasteiger partial charge in [0.25, 0.3) is 0 Å². The summed E-state index contributed by atoms with van der Waals surface area (Å²) >= 11 is 0. The molecular weight excluding hydrogens is 266 g/mol. The number of rotatable bonds is 5. The number of nitrogens with one attached hydrogen (secondary N) is 1. The van der Waals surface area contributed by atoms with E-state index in [0.717, 1.165) is 17.7 Å². The number of carbonyl (C=O) groups is 1. The number of ketones is 1. The van der Waals surface area contributed by atoms with Crippen LogP contribution in [0.2, 0.25) is 0 Å². The molecule has 6 heteroatoms. The predicted octanol–water partition coefficient (Wildman–Crippen LogP) is 1.27. The van der Waals surface area contributed by atoms with Crippen LogP contribution in [0.1, 0.15) is 25.8 Å². The van der Waals surface area contributed by atoms with Crippen molar-refractivity contribution in [1.82, 2.24) is 4.72 Å². The first-order valence-corrected chi connectivity index (χ1v) is 7.64. The molecule has 0 radical (unpaired) electrons. The van der Waals surface area contributed by atoms with E-state index in [0.29, 0.717) is 6.61 Å². The average molecular weight is 283 g/mol. The maximum atomic E-state index is 12.2. The van der Waals surface area contributed by atoms with Crippen LogP contribution in [0.4, 0.5) is 0 Å². The number of benzene rings is 1. The van der Waals surface area contributed by atoms with Crippen LogP contribution in [0.5, 0.6) is 5.75 Å². The van der Waals surface area contributed by atoms with Gasteiger partial charge in [-0.1, -0.05) is 0 Å². The van der Waals surface area contributed by atoms with Gasteiger partial charge in [0.05, 0.1) is 11.5 Å². The number of Topliss-reactive ketones (excluding diaryl/α,β-unsaturated/α-hetero) is 1. The molecule has 0 fully saturated rings. The van der Waals surface area contributed by atoms with Gasteiger partial charge in [0.1, 0.15) is 11.5 Å². The zero-order chi connectivity index (χ0) is 14.0. The summed E-state index contributed by atoms with van der Waals surface area (Å²) in [7, 11) is -3.58. The fourth-order valence-corrected chi connectivity index (χ4v) is 3.43. The molecule has 1 aliphatic heterocycles. The zero-order valence-corrected chi connectivity index (χ0v) is 11.8. The van der Waals surface area contributed by atoms with E-state index in [-0.39, 0.29) is 17.1 Å². The topological polar surface area (TPSA) is 72.5 Å². The molecule has 2 rings (SSSR count). The van der Waals surface area contributed by atoms with Crippen molar-refractivity contribution in [2.75, 3.05) is 6.61 Å². The van der Waals surface area contributed by atoms with Crippen molar-refractivity contribution >= 4 is 15.8 Å². The predicted molar refractivity (Wildman–Crippen MR) is 70.7 cm³/mol. The molecule has 0 saturated heterocycles. The van der Waals surface area contributed by atoms with Crippen molar-refractivity contribution in [3.8, 4) is 5.75 Å². The Morgan fingerprint density at radius 2 is 2.21 bits per heavy atom. The number of fused-ring (bicyclic) bond motifs is 1. The minimum absolute atomic E-state index is 0.0439. The van der Waals surface area contributed by atoms with Gasteiger partial charge in [-0.3, -0.25) is 4.79 Å². The van der Waals surface area contributed by atoms with Gasteiger partial charge in [0.15, 0.2) is 0 Å². The minimum Gasteiger partial charge on any atom is -0.493 e.